The third-order valence-electron chi connectivity index (χ3n) is 4.11. The van der Waals surface area contributed by atoms with Crippen molar-refractivity contribution in [2.24, 2.45) is 0 Å². The molecule has 122 valence electrons. The van der Waals surface area contributed by atoms with Crippen molar-refractivity contribution in [3.05, 3.63) is 15.6 Å². The van der Waals surface area contributed by atoms with E-state index in [2.05, 4.69) is 9.88 Å². The zero-order valence-corrected chi connectivity index (χ0v) is 14.2. The lowest BCUT2D eigenvalue weighted by Crippen LogP contribution is -2.47. The second kappa shape index (κ2) is 6.23. The van der Waals surface area contributed by atoms with Crippen molar-refractivity contribution >= 4 is 17.2 Å². The minimum Gasteiger partial charge on any atom is -0.347 e. The van der Waals surface area contributed by atoms with Crippen molar-refractivity contribution in [1.82, 2.24) is 14.8 Å². The molecule has 1 aromatic rings. The molecule has 3 heterocycles. The smallest absolute Gasteiger partial charge is 0.265 e. The fourth-order valence-corrected chi connectivity index (χ4v) is 4.12. The highest BCUT2D eigenvalue weighted by Crippen LogP contribution is 2.32. The van der Waals surface area contributed by atoms with Gasteiger partial charge in [-0.15, -0.1) is 11.3 Å². The molecular formula is C15H23N3O3S. The SMILES string of the molecule is Cc1nc(CN(C)C)sc1C(=O)N1CCC2(CC1)OCCO2. The van der Waals surface area contributed by atoms with E-state index in [1.807, 2.05) is 25.9 Å². The summed E-state index contributed by atoms with van der Waals surface area (Å²) in [5.41, 5.74) is 0.834. The Hall–Kier alpha value is -1.02. The number of rotatable bonds is 3. The van der Waals surface area contributed by atoms with Gasteiger partial charge in [-0.25, -0.2) is 4.98 Å². The first-order valence-electron chi connectivity index (χ1n) is 7.67. The number of aryl methyl sites for hydroxylation is 1. The first-order valence-corrected chi connectivity index (χ1v) is 8.49. The number of carbonyl (C=O) groups is 1. The van der Waals surface area contributed by atoms with E-state index < -0.39 is 5.79 Å². The van der Waals surface area contributed by atoms with E-state index in [0.717, 1.165) is 35.0 Å². The van der Waals surface area contributed by atoms with Gasteiger partial charge in [-0.2, -0.15) is 0 Å². The van der Waals surface area contributed by atoms with Gasteiger partial charge >= 0.3 is 0 Å². The molecule has 0 unspecified atom stereocenters. The molecule has 0 N–H and O–H groups in total. The topological polar surface area (TPSA) is 54.9 Å². The molecule has 2 aliphatic rings. The van der Waals surface area contributed by atoms with Gasteiger partial charge in [-0.05, 0) is 21.0 Å². The van der Waals surface area contributed by atoms with Crippen LogP contribution in [0.15, 0.2) is 0 Å². The summed E-state index contributed by atoms with van der Waals surface area (Å²) in [6, 6.07) is 0. The maximum atomic E-state index is 12.7. The molecule has 1 spiro atoms. The molecule has 22 heavy (non-hydrogen) atoms. The summed E-state index contributed by atoms with van der Waals surface area (Å²) in [4.78, 5) is 22.0. The Kier molecular flexibility index (Phi) is 4.49. The van der Waals surface area contributed by atoms with Crippen LogP contribution < -0.4 is 0 Å². The van der Waals surface area contributed by atoms with Gasteiger partial charge in [0, 0.05) is 32.5 Å². The number of hydrogen-bond acceptors (Lipinski definition) is 6. The minimum absolute atomic E-state index is 0.0906. The van der Waals surface area contributed by atoms with Crippen molar-refractivity contribution in [3.63, 3.8) is 0 Å². The summed E-state index contributed by atoms with van der Waals surface area (Å²) in [5.74, 6) is -0.344. The Morgan fingerprint density at radius 2 is 1.95 bits per heavy atom. The molecule has 0 atom stereocenters. The largest absolute Gasteiger partial charge is 0.347 e. The van der Waals surface area contributed by atoms with Crippen LogP contribution in [0.3, 0.4) is 0 Å². The van der Waals surface area contributed by atoms with Crippen LogP contribution in [-0.4, -0.2) is 66.9 Å². The van der Waals surface area contributed by atoms with Gasteiger partial charge in [0.25, 0.3) is 5.91 Å². The van der Waals surface area contributed by atoms with Crippen LogP contribution in [0.25, 0.3) is 0 Å². The number of amides is 1. The lowest BCUT2D eigenvalue weighted by molar-refractivity contribution is -0.181. The number of carbonyl (C=O) groups excluding carboxylic acids is 1. The number of hydrogen-bond donors (Lipinski definition) is 0. The first-order chi connectivity index (χ1) is 10.5. The molecular weight excluding hydrogens is 302 g/mol. The number of nitrogens with zero attached hydrogens (tertiary/aromatic N) is 3. The van der Waals surface area contributed by atoms with E-state index in [-0.39, 0.29) is 5.91 Å². The monoisotopic (exact) mass is 325 g/mol. The average Bonchev–Trinajstić information content (AvgIpc) is 3.06. The lowest BCUT2D eigenvalue weighted by Gasteiger charge is -2.37. The molecule has 1 aromatic heterocycles. The van der Waals surface area contributed by atoms with Gasteiger partial charge in [-0.3, -0.25) is 4.79 Å². The summed E-state index contributed by atoms with van der Waals surface area (Å²) in [6.07, 6.45) is 1.50. The Balaban J connectivity index is 1.66. The van der Waals surface area contributed by atoms with Gasteiger partial charge < -0.3 is 19.3 Å². The Bertz CT molecular complexity index is 542. The molecule has 0 bridgehead atoms. The summed E-state index contributed by atoms with van der Waals surface area (Å²) in [7, 11) is 4.01. The normalized spacial score (nSPS) is 21.0. The fourth-order valence-electron chi connectivity index (χ4n) is 2.97. The van der Waals surface area contributed by atoms with Crippen LogP contribution in [0.1, 0.15) is 33.2 Å². The Morgan fingerprint density at radius 3 is 2.55 bits per heavy atom. The zero-order chi connectivity index (χ0) is 15.7. The quantitative estimate of drug-likeness (QED) is 0.843. The molecule has 2 saturated heterocycles. The second-order valence-corrected chi connectivity index (χ2v) is 7.24. The molecule has 3 rings (SSSR count). The van der Waals surface area contributed by atoms with E-state index in [1.165, 1.54) is 11.3 Å². The maximum absolute atomic E-state index is 12.7. The third-order valence-corrected chi connectivity index (χ3v) is 5.24. The van der Waals surface area contributed by atoms with Crippen molar-refractivity contribution in [2.75, 3.05) is 40.4 Å². The Morgan fingerprint density at radius 1 is 1.32 bits per heavy atom. The van der Waals surface area contributed by atoms with Gasteiger partial charge in [0.15, 0.2) is 5.79 Å². The van der Waals surface area contributed by atoms with Crippen LogP contribution in [0.4, 0.5) is 0 Å². The fraction of sp³-hybridized carbons (Fsp3) is 0.733. The molecule has 1 amide bonds. The molecule has 2 fully saturated rings. The molecule has 2 aliphatic heterocycles. The second-order valence-electron chi connectivity index (χ2n) is 6.16. The summed E-state index contributed by atoms with van der Waals surface area (Å²) in [6.45, 7) is 5.37. The number of likely N-dealkylation sites (tertiary alicyclic amines) is 1. The van der Waals surface area contributed by atoms with Gasteiger partial charge in [-0.1, -0.05) is 0 Å². The summed E-state index contributed by atoms with van der Waals surface area (Å²) < 4.78 is 11.4. The van der Waals surface area contributed by atoms with Crippen molar-refractivity contribution in [2.45, 2.75) is 32.1 Å². The summed E-state index contributed by atoms with van der Waals surface area (Å²) in [5, 5.41) is 0.988. The van der Waals surface area contributed by atoms with E-state index in [9.17, 15) is 4.79 Å². The van der Waals surface area contributed by atoms with Crippen LogP contribution in [-0.2, 0) is 16.0 Å². The number of piperidine rings is 1. The molecule has 6 nitrogen and oxygen atoms in total. The standard InChI is InChI=1S/C15H23N3O3S/c1-11-13(22-12(16-11)10-17(2)3)14(19)18-6-4-15(5-7-18)20-8-9-21-15/h4-10H2,1-3H3. The van der Waals surface area contributed by atoms with Gasteiger partial charge in [0.1, 0.15) is 9.88 Å². The van der Waals surface area contributed by atoms with Crippen LogP contribution in [0.2, 0.25) is 0 Å². The van der Waals surface area contributed by atoms with E-state index >= 15 is 0 Å². The van der Waals surface area contributed by atoms with E-state index in [4.69, 9.17) is 9.47 Å². The molecule has 7 heteroatoms. The predicted octanol–water partition coefficient (Wildman–Crippen LogP) is 1.49. The highest BCUT2D eigenvalue weighted by molar-refractivity contribution is 7.13. The first kappa shape index (κ1) is 15.9. The predicted molar refractivity (Wildman–Crippen MR) is 84.0 cm³/mol. The molecule has 0 saturated carbocycles. The number of aromatic nitrogens is 1. The van der Waals surface area contributed by atoms with Crippen LogP contribution in [0, 0.1) is 6.92 Å². The van der Waals surface area contributed by atoms with Crippen molar-refractivity contribution in [3.8, 4) is 0 Å². The van der Waals surface area contributed by atoms with Crippen molar-refractivity contribution < 1.29 is 14.3 Å². The zero-order valence-electron chi connectivity index (χ0n) is 13.4. The number of thiazole rings is 1. The highest BCUT2D eigenvalue weighted by Gasteiger charge is 2.41. The average molecular weight is 325 g/mol. The minimum atomic E-state index is -0.435. The van der Waals surface area contributed by atoms with Crippen LogP contribution >= 0.6 is 11.3 Å². The molecule has 0 aliphatic carbocycles. The third kappa shape index (κ3) is 3.17. The molecule has 0 radical (unpaired) electrons. The van der Waals surface area contributed by atoms with Gasteiger partial charge in [0.05, 0.1) is 18.9 Å². The van der Waals surface area contributed by atoms with E-state index in [1.54, 1.807) is 0 Å². The van der Waals surface area contributed by atoms with Crippen molar-refractivity contribution in [1.29, 1.82) is 0 Å². The maximum Gasteiger partial charge on any atom is 0.265 e. The van der Waals surface area contributed by atoms with E-state index in [0.29, 0.717) is 26.3 Å². The Labute approximate surface area is 135 Å². The highest BCUT2D eigenvalue weighted by atomic mass is 32.1. The summed E-state index contributed by atoms with van der Waals surface area (Å²) >= 11 is 1.51. The molecule has 0 aromatic carbocycles. The van der Waals surface area contributed by atoms with Gasteiger partial charge in [0.2, 0.25) is 0 Å². The lowest BCUT2D eigenvalue weighted by atomic mass is 10.0. The number of ether oxygens (including phenoxy) is 2. The van der Waals surface area contributed by atoms with Crippen LogP contribution in [0.5, 0.6) is 0 Å².